The van der Waals surface area contributed by atoms with Crippen LogP contribution in [0.2, 0.25) is 0 Å². The molecule has 0 radical (unpaired) electrons. The maximum atomic E-state index is 11.3. The summed E-state index contributed by atoms with van der Waals surface area (Å²) >= 11 is 0. The second-order valence-electron chi connectivity index (χ2n) is 3.36. The van der Waals surface area contributed by atoms with Crippen molar-refractivity contribution in [3.05, 3.63) is 29.7 Å². The first-order valence-corrected chi connectivity index (χ1v) is 4.91. The van der Waals surface area contributed by atoms with Gasteiger partial charge in [-0.1, -0.05) is 0 Å². The van der Waals surface area contributed by atoms with Crippen molar-refractivity contribution in [1.29, 1.82) is 0 Å². The van der Waals surface area contributed by atoms with E-state index in [1.807, 2.05) is 0 Å². The molecule has 1 atom stereocenters. The monoisotopic (exact) mass is 239 g/mol. The van der Waals surface area contributed by atoms with Crippen molar-refractivity contribution < 1.29 is 24.2 Å². The summed E-state index contributed by atoms with van der Waals surface area (Å²) in [6.45, 7) is 1.11. The van der Waals surface area contributed by atoms with Crippen molar-refractivity contribution >= 4 is 18.0 Å². The summed E-state index contributed by atoms with van der Waals surface area (Å²) in [6.07, 6.45) is 2.56. The van der Waals surface area contributed by atoms with Crippen LogP contribution < -0.4 is 5.32 Å². The lowest BCUT2D eigenvalue weighted by molar-refractivity contribution is -0.142. The minimum absolute atomic E-state index is 0.494. The van der Waals surface area contributed by atoms with Gasteiger partial charge in [0.1, 0.15) is 11.5 Å². The Morgan fingerprint density at radius 3 is 2.71 bits per heavy atom. The largest absolute Gasteiger partial charge is 0.480 e. The topological polar surface area (TPSA) is 99.8 Å². The number of rotatable bonds is 5. The molecule has 0 saturated heterocycles. The van der Waals surface area contributed by atoms with Gasteiger partial charge in [0.2, 0.25) is 5.91 Å². The highest BCUT2D eigenvalue weighted by Gasteiger charge is 2.17. The van der Waals surface area contributed by atoms with Crippen molar-refractivity contribution in [1.82, 2.24) is 5.32 Å². The lowest BCUT2D eigenvalue weighted by Crippen LogP contribution is -2.42. The van der Waals surface area contributed by atoms with E-state index in [-0.39, 0.29) is 0 Å². The molecule has 0 spiro atoms. The highest BCUT2D eigenvalue weighted by molar-refractivity contribution is 5.94. The number of aliphatic hydroxyl groups excluding tert-OH is 1. The summed E-state index contributed by atoms with van der Waals surface area (Å²) in [5, 5.41) is 19.4. The lowest BCUT2D eigenvalue weighted by atomic mass is 10.3. The third-order valence-corrected chi connectivity index (χ3v) is 1.96. The molecule has 1 amide bonds. The molecule has 17 heavy (non-hydrogen) atoms. The SMILES string of the molecule is Cc1ccc(/C=C/C(=O)N[C@@H](CO)C(=O)O)o1. The van der Waals surface area contributed by atoms with Gasteiger partial charge >= 0.3 is 5.97 Å². The summed E-state index contributed by atoms with van der Waals surface area (Å²) in [4.78, 5) is 21.8. The lowest BCUT2D eigenvalue weighted by Gasteiger charge is -2.08. The van der Waals surface area contributed by atoms with Crippen LogP contribution in [0.15, 0.2) is 22.6 Å². The second-order valence-corrected chi connectivity index (χ2v) is 3.36. The van der Waals surface area contributed by atoms with Gasteiger partial charge in [0, 0.05) is 6.08 Å². The fourth-order valence-corrected chi connectivity index (χ4v) is 1.11. The summed E-state index contributed by atoms with van der Waals surface area (Å²) < 4.78 is 5.18. The van der Waals surface area contributed by atoms with Crippen LogP contribution in [0, 0.1) is 6.92 Å². The van der Waals surface area contributed by atoms with Crippen LogP contribution in [0.4, 0.5) is 0 Å². The van der Waals surface area contributed by atoms with Gasteiger partial charge in [0.05, 0.1) is 6.61 Å². The Morgan fingerprint density at radius 2 is 2.24 bits per heavy atom. The number of aliphatic carboxylic acids is 1. The van der Waals surface area contributed by atoms with E-state index in [1.54, 1.807) is 19.1 Å². The molecule has 1 aromatic rings. The van der Waals surface area contributed by atoms with E-state index in [0.717, 1.165) is 6.08 Å². The molecular weight excluding hydrogens is 226 g/mol. The minimum atomic E-state index is -1.30. The smallest absolute Gasteiger partial charge is 0.328 e. The van der Waals surface area contributed by atoms with Crippen molar-refractivity contribution in [2.45, 2.75) is 13.0 Å². The van der Waals surface area contributed by atoms with Crippen LogP contribution in [0.5, 0.6) is 0 Å². The van der Waals surface area contributed by atoms with Gasteiger partial charge in [0.25, 0.3) is 0 Å². The number of hydrogen-bond donors (Lipinski definition) is 3. The number of furan rings is 1. The number of aliphatic hydroxyl groups is 1. The fourth-order valence-electron chi connectivity index (χ4n) is 1.11. The van der Waals surface area contributed by atoms with Gasteiger partial charge in [-0.2, -0.15) is 0 Å². The molecule has 0 aromatic carbocycles. The number of hydrogen-bond acceptors (Lipinski definition) is 4. The predicted molar refractivity (Wildman–Crippen MR) is 59.1 cm³/mol. The van der Waals surface area contributed by atoms with Gasteiger partial charge in [-0.25, -0.2) is 4.79 Å². The molecule has 0 aliphatic carbocycles. The van der Waals surface area contributed by atoms with Gasteiger partial charge < -0.3 is 19.9 Å². The van der Waals surface area contributed by atoms with Crippen LogP contribution in [-0.4, -0.2) is 34.7 Å². The van der Waals surface area contributed by atoms with Crippen LogP contribution in [0.1, 0.15) is 11.5 Å². The molecule has 0 saturated carbocycles. The summed E-state index contributed by atoms with van der Waals surface area (Å²) in [6, 6.07) is 2.12. The highest BCUT2D eigenvalue weighted by Crippen LogP contribution is 2.07. The number of carbonyl (C=O) groups is 2. The fraction of sp³-hybridized carbons (Fsp3) is 0.273. The highest BCUT2D eigenvalue weighted by atomic mass is 16.4. The van der Waals surface area contributed by atoms with Crippen molar-refractivity contribution in [3.63, 3.8) is 0 Å². The first-order chi connectivity index (χ1) is 8.02. The Labute approximate surface area is 97.6 Å². The van der Waals surface area contributed by atoms with E-state index in [9.17, 15) is 9.59 Å². The van der Waals surface area contributed by atoms with Gasteiger partial charge in [0.15, 0.2) is 6.04 Å². The molecule has 0 unspecified atom stereocenters. The Kier molecular flexibility index (Phi) is 4.47. The summed E-state index contributed by atoms with van der Waals surface area (Å²) in [7, 11) is 0. The van der Waals surface area contributed by atoms with E-state index in [2.05, 4.69) is 5.32 Å². The van der Waals surface area contributed by atoms with E-state index >= 15 is 0 Å². The summed E-state index contributed by atoms with van der Waals surface area (Å²) in [5.41, 5.74) is 0. The second kappa shape index (κ2) is 5.86. The molecule has 6 heteroatoms. The predicted octanol–water partition coefficient (Wildman–Crippen LogP) is 0.163. The average molecular weight is 239 g/mol. The molecular formula is C11H13NO5. The molecule has 1 aromatic heterocycles. The normalized spacial score (nSPS) is 12.6. The Morgan fingerprint density at radius 1 is 1.53 bits per heavy atom. The zero-order chi connectivity index (χ0) is 12.8. The van der Waals surface area contributed by atoms with Crippen LogP contribution in [0.3, 0.4) is 0 Å². The molecule has 0 fully saturated rings. The Balaban J connectivity index is 2.54. The molecule has 0 aliphatic heterocycles. The van der Waals surface area contributed by atoms with Crippen molar-refractivity contribution in [2.75, 3.05) is 6.61 Å². The first kappa shape index (κ1) is 13.0. The van der Waals surface area contributed by atoms with E-state index in [0.29, 0.717) is 11.5 Å². The molecule has 1 heterocycles. The van der Waals surface area contributed by atoms with Gasteiger partial charge in [-0.05, 0) is 25.1 Å². The number of carboxylic acids is 1. The molecule has 6 nitrogen and oxygen atoms in total. The minimum Gasteiger partial charge on any atom is -0.480 e. The molecule has 3 N–H and O–H groups in total. The van der Waals surface area contributed by atoms with Crippen LogP contribution >= 0.6 is 0 Å². The molecule has 0 bridgehead atoms. The van der Waals surface area contributed by atoms with Gasteiger partial charge in [-0.3, -0.25) is 4.79 Å². The number of amides is 1. The van der Waals surface area contributed by atoms with E-state index in [1.165, 1.54) is 6.08 Å². The Bertz CT molecular complexity index is 435. The molecule has 1 rings (SSSR count). The van der Waals surface area contributed by atoms with E-state index in [4.69, 9.17) is 14.6 Å². The van der Waals surface area contributed by atoms with Crippen LogP contribution in [-0.2, 0) is 9.59 Å². The molecule has 92 valence electrons. The average Bonchev–Trinajstić information content (AvgIpc) is 2.68. The Hall–Kier alpha value is -2.08. The number of aryl methyl sites for hydroxylation is 1. The number of carbonyl (C=O) groups excluding carboxylic acids is 1. The first-order valence-electron chi connectivity index (χ1n) is 4.91. The number of nitrogens with one attached hydrogen (secondary N) is 1. The zero-order valence-corrected chi connectivity index (χ0v) is 9.21. The summed E-state index contributed by atoms with van der Waals surface area (Å²) in [5.74, 6) is -0.694. The van der Waals surface area contributed by atoms with Crippen LogP contribution in [0.25, 0.3) is 6.08 Å². The van der Waals surface area contributed by atoms with Crippen molar-refractivity contribution in [2.24, 2.45) is 0 Å². The van der Waals surface area contributed by atoms with Gasteiger partial charge in [-0.15, -0.1) is 0 Å². The maximum absolute atomic E-state index is 11.3. The quantitative estimate of drug-likeness (QED) is 0.636. The van der Waals surface area contributed by atoms with E-state index < -0.39 is 24.5 Å². The number of carboxylic acid groups (broad SMARTS) is 1. The maximum Gasteiger partial charge on any atom is 0.328 e. The van der Waals surface area contributed by atoms with Crippen molar-refractivity contribution in [3.8, 4) is 0 Å². The standard InChI is InChI=1S/C11H13NO5/c1-7-2-3-8(17-7)4-5-10(14)12-9(6-13)11(15)16/h2-5,9,13H,6H2,1H3,(H,12,14)(H,15,16)/b5-4+/t9-/m0/s1. The third kappa shape index (κ3) is 4.12. The molecule has 0 aliphatic rings. The third-order valence-electron chi connectivity index (χ3n) is 1.96. The zero-order valence-electron chi connectivity index (χ0n) is 9.21.